The van der Waals surface area contributed by atoms with Crippen molar-refractivity contribution in [3.63, 3.8) is 0 Å². The zero-order valence-electron chi connectivity index (χ0n) is 14.5. The summed E-state index contributed by atoms with van der Waals surface area (Å²) in [5.74, 6) is -1.63. The molecule has 0 aliphatic carbocycles. The molecule has 2 aromatic carbocycles. The number of aromatic carboxylic acids is 1. The number of carbonyl (C=O) groups excluding carboxylic acids is 2. The van der Waals surface area contributed by atoms with Gasteiger partial charge in [-0.1, -0.05) is 23.4 Å². The second-order valence-corrected chi connectivity index (χ2v) is 7.42. The topological polar surface area (TPSA) is 141 Å². The Hall–Kier alpha value is -3.66. The van der Waals surface area contributed by atoms with Gasteiger partial charge >= 0.3 is 0 Å². The molecule has 3 rings (SSSR count). The molecule has 1 aromatic heterocycles. The standard InChI is InChI=1S/C18H15N3O6S/c1-11-10-16(20-27-11)21-28(25,26)13-8-6-12(7-9-13)19-17(22)14-4-2-3-5-15(14)18(23)24/h2-10H,1H3,(H,19,22)(H,20,21)(H,23,24)/p-1. The first-order valence-electron chi connectivity index (χ1n) is 7.94. The highest BCUT2D eigenvalue weighted by Gasteiger charge is 2.17. The molecule has 0 saturated carbocycles. The van der Waals surface area contributed by atoms with E-state index in [2.05, 4.69) is 15.2 Å². The zero-order valence-corrected chi connectivity index (χ0v) is 15.3. The van der Waals surface area contributed by atoms with Gasteiger partial charge in [0.2, 0.25) is 0 Å². The van der Waals surface area contributed by atoms with Gasteiger partial charge < -0.3 is 19.7 Å². The predicted octanol–water partition coefficient (Wildman–Crippen LogP) is 1.40. The van der Waals surface area contributed by atoms with Gasteiger partial charge in [0.05, 0.1) is 10.9 Å². The first kappa shape index (κ1) is 19.1. The Morgan fingerprint density at radius 1 is 1.04 bits per heavy atom. The summed E-state index contributed by atoms with van der Waals surface area (Å²) in [5, 5.41) is 17.2. The fraction of sp³-hybridized carbons (Fsp3) is 0.0556. The first-order chi connectivity index (χ1) is 13.3. The van der Waals surface area contributed by atoms with E-state index in [1.54, 1.807) is 6.92 Å². The number of nitrogens with zero attached hydrogens (tertiary/aromatic N) is 1. The predicted molar refractivity (Wildman–Crippen MR) is 97.2 cm³/mol. The van der Waals surface area contributed by atoms with E-state index in [1.807, 2.05) is 0 Å². The van der Waals surface area contributed by atoms with E-state index in [4.69, 9.17) is 4.52 Å². The molecule has 0 radical (unpaired) electrons. The van der Waals surface area contributed by atoms with Crippen LogP contribution in [0, 0.1) is 6.92 Å². The average molecular weight is 400 g/mol. The van der Waals surface area contributed by atoms with Crippen LogP contribution in [0.2, 0.25) is 0 Å². The quantitative estimate of drug-likeness (QED) is 0.637. The number of hydrogen-bond acceptors (Lipinski definition) is 7. The molecule has 144 valence electrons. The maximum Gasteiger partial charge on any atom is 0.263 e. The summed E-state index contributed by atoms with van der Waals surface area (Å²) in [6.45, 7) is 1.63. The highest BCUT2D eigenvalue weighted by Crippen LogP contribution is 2.19. The van der Waals surface area contributed by atoms with Gasteiger partial charge in [-0.25, -0.2) is 8.42 Å². The molecule has 28 heavy (non-hydrogen) atoms. The Morgan fingerprint density at radius 3 is 2.25 bits per heavy atom. The summed E-state index contributed by atoms with van der Waals surface area (Å²) < 4.78 is 31.7. The van der Waals surface area contributed by atoms with Crippen LogP contribution < -0.4 is 15.1 Å². The molecular weight excluding hydrogens is 386 g/mol. The fourth-order valence-corrected chi connectivity index (χ4v) is 3.37. The van der Waals surface area contributed by atoms with Crippen molar-refractivity contribution in [3.05, 3.63) is 71.5 Å². The number of aromatic nitrogens is 1. The van der Waals surface area contributed by atoms with Crippen LogP contribution in [0.4, 0.5) is 11.5 Å². The molecule has 0 aliphatic heterocycles. The normalized spacial score (nSPS) is 11.0. The average Bonchev–Trinajstić information content (AvgIpc) is 3.06. The van der Waals surface area contributed by atoms with E-state index in [9.17, 15) is 23.1 Å². The van der Waals surface area contributed by atoms with Gasteiger partial charge in [-0.2, -0.15) is 0 Å². The number of rotatable bonds is 6. The summed E-state index contributed by atoms with van der Waals surface area (Å²) in [7, 11) is -3.89. The molecule has 0 unspecified atom stereocenters. The van der Waals surface area contributed by atoms with Gasteiger partial charge in [-0.05, 0) is 37.3 Å². The van der Waals surface area contributed by atoms with E-state index in [-0.39, 0.29) is 27.5 Å². The Balaban J connectivity index is 1.76. The van der Waals surface area contributed by atoms with Crippen molar-refractivity contribution in [2.24, 2.45) is 0 Å². The summed E-state index contributed by atoms with van der Waals surface area (Å²) in [4.78, 5) is 23.4. The van der Waals surface area contributed by atoms with Crippen LogP contribution in [0.5, 0.6) is 0 Å². The second kappa shape index (κ2) is 7.53. The van der Waals surface area contributed by atoms with E-state index in [0.717, 1.165) is 0 Å². The van der Waals surface area contributed by atoms with Crippen molar-refractivity contribution in [1.82, 2.24) is 5.16 Å². The minimum absolute atomic E-state index is 0.0498. The Bertz CT molecular complexity index is 1140. The minimum atomic E-state index is -3.89. The lowest BCUT2D eigenvalue weighted by Gasteiger charge is -2.11. The van der Waals surface area contributed by atoms with E-state index in [0.29, 0.717) is 5.76 Å². The zero-order chi connectivity index (χ0) is 20.3. The van der Waals surface area contributed by atoms with Crippen molar-refractivity contribution in [1.29, 1.82) is 0 Å². The maximum absolute atomic E-state index is 12.3. The molecule has 0 aliphatic rings. The number of carbonyl (C=O) groups is 2. The molecule has 10 heteroatoms. The molecular formula is C18H14N3O6S-. The van der Waals surface area contributed by atoms with Gasteiger partial charge in [0.15, 0.2) is 5.82 Å². The van der Waals surface area contributed by atoms with Crippen molar-refractivity contribution < 1.29 is 27.6 Å². The first-order valence-corrected chi connectivity index (χ1v) is 9.42. The van der Waals surface area contributed by atoms with Gasteiger partial charge in [-0.15, -0.1) is 0 Å². The molecule has 3 aromatic rings. The number of carboxylic acids is 1. The fourth-order valence-electron chi connectivity index (χ4n) is 2.39. The van der Waals surface area contributed by atoms with Crippen LogP contribution in [0.1, 0.15) is 26.5 Å². The van der Waals surface area contributed by atoms with Crippen LogP contribution >= 0.6 is 0 Å². The van der Waals surface area contributed by atoms with Crippen LogP contribution in [0.25, 0.3) is 0 Å². The SMILES string of the molecule is Cc1cc(NS(=O)(=O)c2ccc(NC(=O)c3ccccc3C(=O)[O-])cc2)no1. The van der Waals surface area contributed by atoms with Crippen LogP contribution in [-0.2, 0) is 10.0 Å². The number of hydrogen-bond donors (Lipinski definition) is 2. The highest BCUT2D eigenvalue weighted by molar-refractivity contribution is 7.92. The van der Waals surface area contributed by atoms with E-state index < -0.39 is 21.9 Å². The number of aryl methyl sites for hydroxylation is 1. The third kappa shape index (κ3) is 4.18. The largest absolute Gasteiger partial charge is 0.545 e. The third-order valence-corrected chi connectivity index (χ3v) is 5.05. The Kier molecular flexibility index (Phi) is 5.14. The lowest BCUT2D eigenvalue weighted by molar-refractivity contribution is -0.255. The molecule has 0 spiro atoms. The van der Waals surface area contributed by atoms with Crippen LogP contribution in [0.15, 0.2) is 64.0 Å². The number of benzene rings is 2. The van der Waals surface area contributed by atoms with E-state index >= 15 is 0 Å². The summed E-state index contributed by atoms with van der Waals surface area (Å²) in [6, 6.07) is 12.4. The third-order valence-electron chi connectivity index (χ3n) is 3.68. The van der Waals surface area contributed by atoms with Crippen molar-refractivity contribution in [2.75, 3.05) is 10.0 Å². The molecule has 9 nitrogen and oxygen atoms in total. The molecule has 1 amide bonds. The summed E-state index contributed by atoms with van der Waals surface area (Å²) >= 11 is 0. The monoisotopic (exact) mass is 400 g/mol. The molecule has 0 atom stereocenters. The van der Waals surface area contributed by atoms with Crippen LogP contribution in [0.3, 0.4) is 0 Å². The van der Waals surface area contributed by atoms with Gasteiger partial charge in [0.1, 0.15) is 5.76 Å². The van der Waals surface area contributed by atoms with Crippen LogP contribution in [-0.4, -0.2) is 25.5 Å². The van der Waals surface area contributed by atoms with Gasteiger partial charge in [0, 0.05) is 22.9 Å². The lowest BCUT2D eigenvalue weighted by atomic mass is 10.1. The summed E-state index contributed by atoms with van der Waals surface area (Å²) in [6.07, 6.45) is 0. The van der Waals surface area contributed by atoms with Gasteiger partial charge in [0.25, 0.3) is 15.9 Å². The molecule has 0 saturated heterocycles. The smallest absolute Gasteiger partial charge is 0.263 e. The Morgan fingerprint density at radius 2 is 1.68 bits per heavy atom. The highest BCUT2D eigenvalue weighted by atomic mass is 32.2. The van der Waals surface area contributed by atoms with Gasteiger partial charge in [-0.3, -0.25) is 9.52 Å². The maximum atomic E-state index is 12.3. The molecule has 0 bridgehead atoms. The van der Waals surface area contributed by atoms with Crippen molar-refractivity contribution in [3.8, 4) is 0 Å². The van der Waals surface area contributed by atoms with Crippen molar-refractivity contribution in [2.45, 2.75) is 11.8 Å². The number of amides is 1. The van der Waals surface area contributed by atoms with Crippen molar-refractivity contribution >= 4 is 33.4 Å². The van der Waals surface area contributed by atoms with E-state index in [1.165, 1.54) is 54.6 Å². The summed E-state index contributed by atoms with van der Waals surface area (Å²) in [5.41, 5.74) is -0.0250. The Labute approximate surface area is 160 Å². The number of carboxylic acid groups (broad SMARTS) is 1. The molecule has 2 N–H and O–H groups in total. The lowest BCUT2D eigenvalue weighted by Crippen LogP contribution is -2.26. The molecule has 1 heterocycles. The number of nitrogens with one attached hydrogen (secondary N) is 2. The molecule has 0 fully saturated rings. The minimum Gasteiger partial charge on any atom is -0.545 e. The number of sulfonamides is 1. The second-order valence-electron chi connectivity index (χ2n) is 5.74. The number of anilines is 2.